The Labute approximate surface area is 101 Å². The minimum absolute atomic E-state index is 0.000325. The number of hydrogen-bond acceptors (Lipinski definition) is 2. The Hall–Kier alpha value is -1.58. The summed E-state index contributed by atoms with van der Waals surface area (Å²) in [5.74, 6) is -2.12. The number of aliphatic carboxylic acids is 1. The second-order valence-electron chi connectivity index (χ2n) is 4.43. The monoisotopic (exact) mass is 237 g/mol. The minimum atomic E-state index is -0.897. The smallest absolute Gasteiger partial charge is 0.307 e. The normalized spacial score (nSPS) is 25.0. The molecule has 1 aliphatic rings. The van der Waals surface area contributed by atoms with Crippen LogP contribution in [0.3, 0.4) is 0 Å². The Bertz CT molecular complexity index is 336. The second-order valence-corrected chi connectivity index (χ2v) is 4.43. The number of allylic oxidation sites excluding steroid dienone is 2. The van der Waals surface area contributed by atoms with E-state index in [1.54, 1.807) is 6.08 Å². The maximum Gasteiger partial charge on any atom is 0.307 e. The first-order valence-corrected chi connectivity index (χ1v) is 5.85. The highest BCUT2D eigenvalue weighted by Gasteiger charge is 2.34. The number of nitrogens with one attached hydrogen (secondary N) is 1. The summed E-state index contributed by atoms with van der Waals surface area (Å²) in [5.41, 5.74) is 0. The van der Waals surface area contributed by atoms with Crippen LogP contribution in [0.2, 0.25) is 0 Å². The molecule has 0 aliphatic heterocycles. The number of carboxylic acid groups (broad SMARTS) is 1. The number of carboxylic acids is 1. The summed E-state index contributed by atoms with van der Waals surface area (Å²) in [6, 6.07) is 0.000325. The molecule has 4 heteroatoms. The van der Waals surface area contributed by atoms with Gasteiger partial charge >= 0.3 is 5.97 Å². The predicted octanol–water partition coefficient (Wildman–Crippen LogP) is 1.73. The maximum absolute atomic E-state index is 12.0. The minimum Gasteiger partial charge on any atom is -0.481 e. The van der Waals surface area contributed by atoms with E-state index in [-0.39, 0.29) is 11.9 Å². The van der Waals surface area contributed by atoms with E-state index in [1.165, 1.54) is 0 Å². The predicted molar refractivity (Wildman–Crippen MR) is 65.4 cm³/mol. The molecule has 0 aromatic heterocycles. The molecule has 0 aromatic carbocycles. The lowest BCUT2D eigenvalue weighted by Crippen LogP contribution is -2.42. The maximum atomic E-state index is 12.0. The molecule has 3 atom stereocenters. The van der Waals surface area contributed by atoms with Gasteiger partial charge in [-0.05, 0) is 26.2 Å². The van der Waals surface area contributed by atoms with E-state index in [1.807, 2.05) is 19.1 Å². The Balaban J connectivity index is 2.63. The second kappa shape index (κ2) is 6.23. The van der Waals surface area contributed by atoms with Crippen LogP contribution in [-0.4, -0.2) is 23.0 Å². The number of carbonyl (C=O) groups is 2. The van der Waals surface area contributed by atoms with Crippen molar-refractivity contribution in [3.05, 3.63) is 24.8 Å². The number of rotatable bonds is 5. The molecule has 1 amide bonds. The Morgan fingerprint density at radius 1 is 1.47 bits per heavy atom. The molecule has 0 radical (unpaired) electrons. The van der Waals surface area contributed by atoms with Gasteiger partial charge in [-0.15, -0.1) is 6.58 Å². The molecular formula is C13H19NO3. The van der Waals surface area contributed by atoms with Crippen LogP contribution in [0.1, 0.15) is 26.2 Å². The largest absolute Gasteiger partial charge is 0.481 e. The third-order valence-electron chi connectivity index (χ3n) is 3.00. The molecule has 0 bridgehead atoms. The fraction of sp³-hybridized carbons (Fsp3) is 0.538. The SMILES string of the molecule is C=CCC(C)NC(=O)[C@@H]1CC=CC[C@@H]1C(=O)O. The van der Waals surface area contributed by atoms with Gasteiger partial charge in [0.15, 0.2) is 0 Å². The molecule has 0 saturated carbocycles. The van der Waals surface area contributed by atoms with Crippen molar-refractivity contribution >= 4 is 11.9 Å². The van der Waals surface area contributed by atoms with Gasteiger partial charge in [-0.25, -0.2) is 0 Å². The number of hydrogen-bond donors (Lipinski definition) is 2. The third kappa shape index (κ3) is 3.73. The number of amides is 1. The van der Waals surface area contributed by atoms with Crippen LogP contribution >= 0.6 is 0 Å². The van der Waals surface area contributed by atoms with Crippen LogP contribution in [-0.2, 0) is 9.59 Å². The van der Waals surface area contributed by atoms with Crippen LogP contribution in [0.5, 0.6) is 0 Å². The first-order chi connectivity index (χ1) is 8.06. The van der Waals surface area contributed by atoms with Crippen molar-refractivity contribution in [2.45, 2.75) is 32.2 Å². The fourth-order valence-electron chi connectivity index (χ4n) is 2.04. The summed E-state index contributed by atoms with van der Waals surface area (Å²) in [7, 11) is 0. The fourth-order valence-corrected chi connectivity index (χ4v) is 2.04. The highest BCUT2D eigenvalue weighted by Crippen LogP contribution is 2.26. The highest BCUT2D eigenvalue weighted by molar-refractivity contribution is 5.85. The number of carbonyl (C=O) groups excluding carboxylic acids is 1. The lowest BCUT2D eigenvalue weighted by Gasteiger charge is -2.25. The Kier molecular flexibility index (Phi) is 4.94. The van der Waals surface area contributed by atoms with Gasteiger partial charge in [-0.2, -0.15) is 0 Å². The van der Waals surface area contributed by atoms with Crippen molar-refractivity contribution in [2.24, 2.45) is 11.8 Å². The molecule has 0 saturated heterocycles. The summed E-state index contributed by atoms with van der Waals surface area (Å²) in [4.78, 5) is 23.0. The average Bonchev–Trinajstić information content (AvgIpc) is 2.29. The van der Waals surface area contributed by atoms with E-state index in [4.69, 9.17) is 5.11 Å². The van der Waals surface area contributed by atoms with Crippen LogP contribution in [0.25, 0.3) is 0 Å². The van der Waals surface area contributed by atoms with Gasteiger partial charge in [0.2, 0.25) is 5.91 Å². The molecule has 0 heterocycles. The van der Waals surface area contributed by atoms with Gasteiger partial charge in [0.25, 0.3) is 0 Å². The summed E-state index contributed by atoms with van der Waals surface area (Å²) in [6.07, 6.45) is 7.07. The van der Waals surface area contributed by atoms with Crippen molar-refractivity contribution in [2.75, 3.05) is 0 Å². The van der Waals surface area contributed by atoms with Crippen LogP contribution in [0, 0.1) is 11.8 Å². The standard InChI is InChI=1S/C13H19NO3/c1-3-6-9(2)14-12(15)10-7-4-5-8-11(10)13(16)17/h3-5,9-11H,1,6-8H2,2H3,(H,14,15)(H,16,17)/t9?,10-,11+/m1/s1. The van der Waals surface area contributed by atoms with Gasteiger partial charge in [0.05, 0.1) is 11.8 Å². The van der Waals surface area contributed by atoms with Gasteiger partial charge < -0.3 is 10.4 Å². The van der Waals surface area contributed by atoms with Crippen molar-refractivity contribution in [1.29, 1.82) is 0 Å². The molecule has 4 nitrogen and oxygen atoms in total. The third-order valence-corrected chi connectivity index (χ3v) is 3.00. The van der Waals surface area contributed by atoms with E-state index in [2.05, 4.69) is 11.9 Å². The van der Waals surface area contributed by atoms with Crippen molar-refractivity contribution < 1.29 is 14.7 Å². The summed E-state index contributed by atoms with van der Waals surface area (Å²) >= 11 is 0. The highest BCUT2D eigenvalue weighted by atomic mass is 16.4. The molecular weight excluding hydrogens is 218 g/mol. The van der Waals surface area contributed by atoms with Gasteiger partial charge in [-0.1, -0.05) is 18.2 Å². The molecule has 94 valence electrons. The zero-order chi connectivity index (χ0) is 12.8. The molecule has 0 aromatic rings. The zero-order valence-electron chi connectivity index (χ0n) is 10.1. The first-order valence-electron chi connectivity index (χ1n) is 5.85. The van der Waals surface area contributed by atoms with Crippen LogP contribution in [0.15, 0.2) is 24.8 Å². The molecule has 1 rings (SSSR count). The summed E-state index contributed by atoms with van der Waals surface area (Å²) in [5, 5.41) is 11.9. The van der Waals surface area contributed by atoms with E-state index >= 15 is 0 Å². The van der Waals surface area contributed by atoms with Gasteiger partial charge in [-0.3, -0.25) is 9.59 Å². The summed E-state index contributed by atoms with van der Waals surface area (Å²) in [6.45, 7) is 5.49. The Morgan fingerprint density at radius 3 is 2.59 bits per heavy atom. The molecule has 0 spiro atoms. The van der Waals surface area contributed by atoms with E-state index in [9.17, 15) is 9.59 Å². The molecule has 0 fully saturated rings. The molecule has 2 N–H and O–H groups in total. The quantitative estimate of drug-likeness (QED) is 0.716. The van der Waals surface area contributed by atoms with E-state index in [0.29, 0.717) is 19.3 Å². The van der Waals surface area contributed by atoms with E-state index in [0.717, 1.165) is 0 Å². The molecule has 17 heavy (non-hydrogen) atoms. The van der Waals surface area contributed by atoms with Gasteiger partial charge in [0.1, 0.15) is 0 Å². The average molecular weight is 237 g/mol. The van der Waals surface area contributed by atoms with Crippen LogP contribution in [0.4, 0.5) is 0 Å². The molecule has 1 aliphatic carbocycles. The van der Waals surface area contributed by atoms with Crippen LogP contribution < -0.4 is 5.32 Å². The van der Waals surface area contributed by atoms with Gasteiger partial charge in [0, 0.05) is 6.04 Å². The van der Waals surface area contributed by atoms with Crippen molar-refractivity contribution in [3.63, 3.8) is 0 Å². The molecule has 1 unspecified atom stereocenters. The van der Waals surface area contributed by atoms with E-state index < -0.39 is 17.8 Å². The van der Waals surface area contributed by atoms with Crippen molar-refractivity contribution in [1.82, 2.24) is 5.32 Å². The lowest BCUT2D eigenvalue weighted by molar-refractivity contribution is -0.147. The summed E-state index contributed by atoms with van der Waals surface area (Å²) < 4.78 is 0. The zero-order valence-corrected chi connectivity index (χ0v) is 10.1. The van der Waals surface area contributed by atoms with Crippen molar-refractivity contribution in [3.8, 4) is 0 Å². The lowest BCUT2D eigenvalue weighted by atomic mass is 9.82. The first kappa shape index (κ1) is 13.5. The Morgan fingerprint density at radius 2 is 2.06 bits per heavy atom. The topological polar surface area (TPSA) is 66.4 Å².